The predicted molar refractivity (Wildman–Crippen MR) is 42.4 cm³/mol. The van der Waals surface area contributed by atoms with Crippen LogP contribution in [0.2, 0.25) is 0 Å². The molecule has 0 atom stereocenters. The van der Waals surface area contributed by atoms with Gasteiger partial charge in [0.15, 0.2) is 0 Å². The molecule has 2 nitrogen and oxygen atoms in total. The van der Waals surface area contributed by atoms with Crippen molar-refractivity contribution in [2.24, 2.45) is 0 Å². The molecule has 0 aliphatic carbocycles. The summed E-state index contributed by atoms with van der Waals surface area (Å²) in [7, 11) is 0. The van der Waals surface area contributed by atoms with Gasteiger partial charge in [-0.2, -0.15) is 0 Å². The predicted octanol–water partition coefficient (Wildman–Crippen LogP) is 2.31. The van der Waals surface area contributed by atoms with E-state index in [9.17, 15) is 0 Å². The van der Waals surface area contributed by atoms with E-state index in [-0.39, 0.29) is 0 Å². The van der Waals surface area contributed by atoms with Crippen LogP contribution in [0, 0.1) is 0 Å². The van der Waals surface area contributed by atoms with Gasteiger partial charge in [0.1, 0.15) is 6.26 Å². The lowest BCUT2D eigenvalue weighted by Gasteiger charge is -1.88. The maximum atomic E-state index is 4.91. The quantitative estimate of drug-likeness (QED) is 0.681. The summed E-state index contributed by atoms with van der Waals surface area (Å²) in [5, 5.41) is 0.464. The SMILES string of the molecule is CCCCc1coc(S)n1. The molecule has 0 saturated carbocycles. The highest BCUT2D eigenvalue weighted by Gasteiger charge is 1.97. The standard InChI is InChI=1S/C7H11NOS/c1-2-3-4-6-5-9-7(10)8-6/h5H,2-4H2,1H3,(H,8,10). The van der Waals surface area contributed by atoms with Crippen molar-refractivity contribution in [2.45, 2.75) is 31.4 Å². The van der Waals surface area contributed by atoms with Gasteiger partial charge in [0.05, 0.1) is 5.69 Å². The monoisotopic (exact) mass is 157 g/mol. The largest absolute Gasteiger partial charge is 0.440 e. The van der Waals surface area contributed by atoms with E-state index in [1.54, 1.807) is 6.26 Å². The summed E-state index contributed by atoms with van der Waals surface area (Å²) in [5.74, 6) is 0. The molecule has 0 unspecified atom stereocenters. The highest BCUT2D eigenvalue weighted by molar-refractivity contribution is 7.80. The van der Waals surface area contributed by atoms with Crippen LogP contribution in [-0.2, 0) is 6.42 Å². The summed E-state index contributed by atoms with van der Waals surface area (Å²) in [6.45, 7) is 2.15. The molecule has 0 aliphatic rings. The number of oxazole rings is 1. The van der Waals surface area contributed by atoms with E-state index >= 15 is 0 Å². The lowest BCUT2D eigenvalue weighted by molar-refractivity contribution is 0.456. The van der Waals surface area contributed by atoms with Gasteiger partial charge in [-0.3, -0.25) is 0 Å². The zero-order valence-corrected chi connectivity index (χ0v) is 6.90. The molecule has 1 heterocycles. The smallest absolute Gasteiger partial charge is 0.252 e. The van der Waals surface area contributed by atoms with Gasteiger partial charge in [-0.15, -0.1) is 0 Å². The lowest BCUT2D eigenvalue weighted by atomic mass is 10.2. The van der Waals surface area contributed by atoms with Gasteiger partial charge in [0.2, 0.25) is 0 Å². The Hall–Kier alpha value is -0.440. The average Bonchev–Trinajstić information content (AvgIpc) is 2.31. The third-order valence-corrected chi connectivity index (χ3v) is 1.53. The van der Waals surface area contributed by atoms with E-state index in [1.165, 1.54) is 12.8 Å². The third-order valence-electron chi connectivity index (χ3n) is 1.33. The molecule has 0 bridgehead atoms. The average molecular weight is 157 g/mol. The van der Waals surface area contributed by atoms with Gasteiger partial charge in [0, 0.05) is 0 Å². The molecule has 0 amide bonds. The molecule has 56 valence electrons. The summed E-state index contributed by atoms with van der Waals surface area (Å²) in [6, 6.07) is 0. The van der Waals surface area contributed by atoms with Crippen LogP contribution in [0.4, 0.5) is 0 Å². The number of unbranched alkanes of at least 4 members (excludes halogenated alkanes) is 1. The molecule has 0 aromatic carbocycles. The zero-order chi connectivity index (χ0) is 7.40. The topological polar surface area (TPSA) is 26.0 Å². The Labute approximate surface area is 66.1 Å². The van der Waals surface area contributed by atoms with Crippen LogP contribution < -0.4 is 0 Å². The molecular weight excluding hydrogens is 146 g/mol. The number of hydrogen-bond acceptors (Lipinski definition) is 3. The Kier molecular flexibility index (Phi) is 2.81. The summed E-state index contributed by atoms with van der Waals surface area (Å²) in [5.41, 5.74) is 1.01. The fourth-order valence-electron chi connectivity index (χ4n) is 0.769. The first kappa shape index (κ1) is 7.66. The Balaban J connectivity index is 2.42. The van der Waals surface area contributed by atoms with Crippen molar-refractivity contribution in [1.82, 2.24) is 4.98 Å². The lowest BCUT2D eigenvalue weighted by Crippen LogP contribution is -1.82. The second-order valence-corrected chi connectivity index (χ2v) is 2.61. The molecule has 0 spiro atoms. The number of rotatable bonds is 3. The van der Waals surface area contributed by atoms with Crippen LogP contribution in [0.15, 0.2) is 15.9 Å². The summed E-state index contributed by atoms with van der Waals surface area (Å²) in [4.78, 5) is 4.05. The first-order valence-electron chi connectivity index (χ1n) is 3.46. The van der Waals surface area contributed by atoms with E-state index in [1.807, 2.05) is 0 Å². The maximum absolute atomic E-state index is 4.91. The van der Waals surface area contributed by atoms with Gasteiger partial charge in [-0.1, -0.05) is 26.0 Å². The molecule has 0 aliphatic heterocycles. The fraction of sp³-hybridized carbons (Fsp3) is 0.571. The number of aromatic nitrogens is 1. The van der Waals surface area contributed by atoms with Crippen molar-refractivity contribution in [3.8, 4) is 0 Å². The van der Waals surface area contributed by atoms with Gasteiger partial charge in [-0.05, 0) is 12.8 Å². The van der Waals surface area contributed by atoms with E-state index < -0.39 is 0 Å². The van der Waals surface area contributed by atoms with Crippen molar-refractivity contribution in [3.05, 3.63) is 12.0 Å². The van der Waals surface area contributed by atoms with Crippen molar-refractivity contribution in [3.63, 3.8) is 0 Å². The van der Waals surface area contributed by atoms with Crippen LogP contribution in [0.25, 0.3) is 0 Å². The van der Waals surface area contributed by atoms with Crippen LogP contribution in [-0.4, -0.2) is 4.98 Å². The molecule has 1 rings (SSSR count). The highest BCUT2D eigenvalue weighted by Crippen LogP contribution is 2.07. The second-order valence-electron chi connectivity index (χ2n) is 2.22. The first-order chi connectivity index (χ1) is 4.83. The molecule has 0 saturated heterocycles. The van der Waals surface area contributed by atoms with E-state index in [0.717, 1.165) is 12.1 Å². The number of thiol groups is 1. The molecule has 10 heavy (non-hydrogen) atoms. The van der Waals surface area contributed by atoms with Gasteiger partial charge >= 0.3 is 0 Å². The molecule has 1 aromatic heterocycles. The minimum absolute atomic E-state index is 0.464. The van der Waals surface area contributed by atoms with E-state index in [2.05, 4.69) is 24.5 Å². The van der Waals surface area contributed by atoms with Crippen molar-refractivity contribution in [2.75, 3.05) is 0 Å². The third kappa shape index (κ3) is 2.06. The summed E-state index contributed by atoms with van der Waals surface area (Å²) >= 11 is 3.95. The Morgan fingerprint density at radius 2 is 2.50 bits per heavy atom. The maximum Gasteiger partial charge on any atom is 0.252 e. The normalized spacial score (nSPS) is 10.2. The molecule has 0 fully saturated rings. The molecule has 3 heteroatoms. The highest BCUT2D eigenvalue weighted by atomic mass is 32.1. The van der Waals surface area contributed by atoms with E-state index in [0.29, 0.717) is 5.22 Å². The zero-order valence-electron chi connectivity index (χ0n) is 6.00. The first-order valence-corrected chi connectivity index (χ1v) is 3.91. The van der Waals surface area contributed by atoms with Gasteiger partial charge in [-0.25, -0.2) is 4.98 Å². The number of nitrogens with zero attached hydrogens (tertiary/aromatic N) is 1. The second kappa shape index (κ2) is 3.66. The van der Waals surface area contributed by atoms with Crippen LogP contribution in [0.3, 0.4) is 0 Å². The van der Waals surface area contributed by atoms with E-state index in [4.69, 9.17) is 4.42 Å². The number of hydrogen-bond donors (Lipinski definition) is 1. The molecule has 0 N–H and O–H groups in total. The number of aryl methyl sites for hydroxylation is 1. The Morgan fingerprint density at radius 1 is 1.70 bits per heavy atom. The summed E-state index contributed by atoms with van der Waals surface area (Å²) < 4.78 is 4.91. The minimum Gasteiger partial charge on any atom is -0.440 e. The van der Waals surface area contributed by atoms with Crippen molar-refractivity contribution < 1.29 is 4.42 Å². The Morgan fingerprint density at radius 3 is 3.00 bits per heavy atom. The summed E-state index contributed by atoms with van der Waals surface area (Å²) in [6.07, 6.45) is 5.02. The fourth-order valence-corrected chi connectivity index (χ4v) is 0.950. The molecule has 0 radical (unpaired) electrons. The van der Waals surface area contributed by atoms with Crippen molar-refractivity contribution >= 4 is 12.6 Å². The Bertz CT molecular complexity index is 197. The van der Waals surface area contributed by atoms with Gasteiger partial charge in [0.25, 0.3) is 5.22 Å². The van der Waals surface area contributed by atoms with Crippen molar-refractivity contribution in [1.29, 1.82) is 0 Å². The van der Waals surface area contributed by atoms with Crippen LogP contribution in [0.5, 0.6) is 0 Å². The molecule has 1 aromatic rings. The molecular formula is C7H11NOS. The van der Waals surface area contributed by atoms with Crippen LogP contribution >= 0.6 is 12.6 Å². The minimum atomic E-state index is 0.464. The van der Waals surface area contributed by atoms with Crippen LogP contribution in [0.1, 0.15) is 25.5 Å². The van der Waals surface area contributed by atoms with Gasteiger partial charge < -0.3 is 4.42 Å².